The first kappa shape index (κ1) is 44.6. The van der Waals surface area contributed by atoms with Crippen LogP contribution < -0.4 is 22.1 Å². The number of piperidine rings is 2. The fourth-order valence-corrected chi connectivity index (χ4v) is 14.1. The number of nitrogens with two attached hydrogens (primary N) is 3. The van der Waals surface area contributed by atoms with E-state index in [-0.39, 0.29) is 67.4 Å². The number of rotatable bonds is 9. The third-order valence-electron chi connectivity index (χ3n) is 17.2. The van der Waals surface area contributed by atoms with E-state index in [0.29, 0.717) is 50.1 Å². The molecule has 18 atom stereocenters. The van der Waals surface area contributed by atoms with Gasteiger partial charge in [-0.2, -0.15) is 0 Å². The minimum Gasteiger partial charge on any atom is -0.456 e. The summed E-state index contributed by atoms with van der Waals surface area (Å²) in [7, 11) is 0. The van der Waals surface area contributed by atoms with Gasteiger partial charge in [-0.1, -0.05) is 31.3 Å². The minimum absolute atomic E-state index is 0.0192. The van der Waals surface area contributed by atoms with Gasteiger partial charge in [0.05, 0.1) is 67.8 Å². The van der Waals surface area contributed by atoms with Crippen molar-refractivity contribution in [2.24, 2.45) is 70.1 Å². The number of ether oxygens (including phenoxy) is 3. The molecule has 8 aliphatic rings. The van der Waals surface area contributed by atoms with E-state index in [1.165, 1.54) is 0 Å². The highest BCUT2D eigenvalue weighted by atomic mass is 16.6. The van der Waals surface area contributed by atoms with Crippen molar-refractivity contribution in [3.8, 4) is 11.8 Å². The summed E-state index contributed by atoms with van der Waals surface area (Å²) in [5, 5.41) is 52.2. The van der Waals surface area contributed by atoms with Gasteiger partial charge in [0.15, 0.2) is 0 Å². The van der Waals surface area contributed by atoms with E-state index >= 15 is 0 Å². The van der Waals surface area contributed by atoms with Gasteiger partial charge < -0.3 is 51.0 Å². The normalized spacial score (nSPS) is 47.7. The Kier molecular flexibility index (Phi) is 13.9. The number of fused-ring (bicyclic) bond motifs is 3. The van der Waals surface area contributed by atoms with Crippen molar-refractivity contribution in [1.29, 1.82) is 0 Å². The summed E-state index contributed by atoms with van der Waals surface area (Å²) in [6, 6.07) is 0. The zero-order valence-electron chi connectivity index (χ0n) is 36.1. The number of allylic oxidation sites excluding steroid dienone is 1. The predicted molar refractivity (Wildman–Crippen MR) is 223 cm³/mol. The van der Waals surface area contributed by atoms with Crippen LogP contribution in [0.5, 0.6) is 0 Å². The molecule has 336 valence electrons. The molecule has 11 N–H and O–H groups in total. The lowest BCUT2D eigenvalue weighted by molar-refractivity contribution is -0.703. The molecular weight excluding hydrogens is 765 g/mol. The van der Waals surface area contributed by atoms with E-state index in [4.69, 9.17) is 25.7 Å². The van der Waals surface area contributed by atoms with Gasteiger partial charge in [0, 0.05) is 48.5 Å². The molecule has 3 aliphatic carbocycles. The molecule has 2 bridgehead atoms. The third kappa shape index (κ3) is 8.41. The maximum atomic E-state index is 14.4. The number of carbonyl (C=O) groups excluding carboxylic acids is 2. The monoisotopic (exact) mass is 840 g/mol. The summed E-state index contributed by atoms with van der Waals surface area (Å²) in [5.41, 5.74) is 11.7. The lowest BCUT2D eigenvalue weighted by Crippen LogP contribution is -2.95. The van der Waals surface area contributed by atoms with Crippen LogP contribution in [0.25, 0.3) is 0 Å². The van der Waals surface area contributed by atoms with Crippen LogP contribution in [0.15, 0.2) is 11.6 Å². The number of esters is 1. The zero-order chi connectivity index (χ0) is 42.3. The Morgan fingerprint density at radius 3 is 2.52 bits per heavy atom. The molecule has 60 heavy (non-hydrogen) atoms. The van der Waals surface area contributed by atoms with Crippen LogP contribution in [0.4, 0.5) is 0 Å². The van der Waals surface area contributed by atoms with E-state index in [1.54, 1.807) is 0 Å². The van der Waals surface area contributed by atoms with Crippen molar-refractivity contribution in [2.45, 2.75) is 171 Å². The van der Waals surface area contributed by atoms with Crippen molar-refractivity contribution >= 4 is 11.8 Å². The summed E-state index contributed by atoms with van der Waals surface area (Å²) < 4.78 is 21.4. The largest absolute Gasteiger partial charge is 0.456 e. The molecular formula is C47H75N4O9+. The van der Waals surface area contributed by atoms with E-state index in [1.807, 2.05) is 13.0 Å². The summed E-state index contributed by atoms with van der Waals surface area (Å²) in [5.74, 6) is 4.63. The van der Waals surface area contributed by atoms with Crippen LogP contribution >= 0.6 is 0 Å². The van der Waals surface area contributed by atoms with Gasteiger partial charge in [-0.05, 0) is 108 Å². The second kappa shape index (κ2) is 18.6. The molecule has 5 heterocycles. The van der Waals surface area contributed by atoms with Gasteiger partial charge in [-0.3, -0.25) is 10.5 Å². The molecule has 13 heteroatoms. The van der Waals surface area contributed by atoms with Crippen LogP contribution in [0, 0.1) is 70.5 Å². The smallest absolute Gasteiger partial charge is 0.334 e. The van der Waals surface area contributed by atoms with E-state index in [0.717, 1.165) is 70.8 Å². The van der Waals surface area contributed by atoms with Gasteiger partial charge in [0.1, 0.15) is 23.7 Å². The van der Waals surface area contributed by atoms with E-state index in [2.05, 4.69) is 29.4 Å². The van der Waals surface area contributed by atoms with Gasteiger partial charge in [-0.15, -0.1) is 5.92 Å². The van der Waals surface area contributed by atoms with Crippen LogP contribution in [0.1, 0.15) is 117 Å². The lowest BCUT2D eigenvalue weighted by Gasteiger charge is -2.63. The first-order valence-corrected chi connectivity index (χ1v) is 23.8. The molecule has 13 nitrogen and oxygen atoms in total. The van der Waals surface area contributed by atoms with Crippen molar-refractivity contribution in [3.63, 3.8) is 0 Å². The molecule has 7 fully saturated rings. The van der Waals surface area contributed by atoms with Gasteiger partial charge >= 0.3 is 5.97 Å². The van der Waals surface area contributed by atoms with Crippen LogP contribution in [0.3, 0.4) is 0 Å². The Bertz CT molecular complexity index is 1620. The fraction of sp³-hybridized carbons (Fsp3) is 0.872. The van der Waals surface area contributed by atoms with Gasteiger partial charge in [-0.25, -0.2) is 4.79 Å². The Balaban J connectivity index is 1.31. The quantitative estimate of drug-likeness (QED) is 0.0944. The SMILES string of the molecule is CC=C(C(=O)OC1CC2C(O)C3C(=O)CC(CO)OC3C3C2OC1(C)C(CC1CCC(N)[NH2+]C1)CC#CC(CO)(C1CCCC(O)C1)C3C1CCNC(N)C1)C1CCCC1. The number of aliphatic hydroxyl groups excluding tert-OH is 4. The number of hydrogen-bond acceptors (Lipinski definition) is 12. The number of hydrogen-bond donors (Lipinski definition) is 8. The highest BCUT2D eigenvalue weighted by molar-refractivity contribution is 5.89. The Morgan fingerprint density at radius 1 is 1.03 bits per heavy atom. The molecule has 0 radical (unpaired) electrons. The highest BCUT2D eigenvalue weighted by Crippen LogP contribution is 2.60. The van der Waals surface area contributed by atoms with Gasteiger partial charge in [0.25, 0.3) is 0 Å². The van der Waals surface area contributed by atoms with Gasteiger partial charge in [0.2, 0.25) is 0 Å². The molecule has 3 saturated carbocycles. The number of aliphatic hydroxyl groups is 4. The summed E-state index contributed by atoms with van der Waals surface area (Å²) in [6.45, 7) is 4.93. The average molecular weight is 840 g/mol. The van der Waals surface area contributed by atoms with Crippen molar-refractivity contribution in [1.82, 2.24) is 5.32 Å². The van der Waals surface area contributed by atoms with Crippen molar-refractivity contribution < 1.29 is 49.5 Å². The number of nitrogens with one attached hydrogen (secondary N) is 1. The number of ketones is 1. The maximum absolute atomic E-state index is 14.4. The first-order valence-electron chi connectivity index (χ1n) is 23.8. The molecule has 0 aromatic carbocycles. The van der Waals surface area contributed by atoms with E-state index in [9.17, 15) is 30.0 Å². The highest BCUT2D eigenvalue weighted by Gasteiger charge is 2.67. The molecule has 4 saturated heterocycles. The Hall–Kier alpha value is -1.96. The molecule has 0 spiro atoms. The standard InChI is InChI=1S/C47H74N4O9/c1-3-33(27-8-4-5-9-27)45(57)59-36-22-34-42(56)39-35(55)21-32(24-52)58-44(39)40-41(28-15-17-50-38(49)19-28)47(25-53,30-10-6-12-31(54)20-30)16-7-11-29(46(36,2)60-43(34)40)18-26-13-14-37(48)51-23-26/h3,26-32,34,36-44,50-54,56H,4-6,8-15,17-25,48-49H2,1-2H3/p+1. The molecule has 18 unspecified atom stereocenters. The zero-order valence-corrected chi connectivity index (χ0v) is 36.1. The van der Waals surface area contributed by atoms with Crippen molar-refractivity contribution in [3.05, 3.63) is 11.6 Å². The summed E-state index contributed by atoms with van der Waals surface area (Å²) in [4.78, 5) is 28.8. The molecule has 0 aromatic rings. The summed E-state index contributed by atoms with van der Waals surface area (Å²) in [6.07, 6.45) is 8.51. The number of Topliss-reactive ketones (excluding diaryl/α,β-unsaturated/α-hetero) is 1. The molecule has 5 aliphatic heterocycles. The second-order valence-corrected chi connectivity index (χ2v) is 20.6. The fourth-order valence-electron chi connectivity index (χ4n) is 14.1. The number of carbonyl (C=O) groups is 2. The maximum Gasteiger partial charge on any atom is 0.334 e. The first-order chi connectivity index (χ1) is 28.9. The Labute approximate surface area is 356 Å². The predicted octanol–water partition coefficient (Wildman–Crippen LogP) is 1.63. The number of quaternary nitrogens is 1. The topological polar surface area (TPSA) is 223 Å². The average Bonchev–Trinajstić information content (AvgIpc) is 3.77. The third-order valence-corrected chi connectivity index (χ3v) is 17.2. The summed E-state index contributed by atoms with van der Waals surface area (Å²) >= 11 is 0. The van der Waals surface area contributed by atoms with E-state index < -0.39 is 71.3 Å². The van der Waals surface area contributed by atoms with Crippen LogP contribution in [0.2, 0.25) is 0 Å². The van der Waals surface area contributed by atoms with Crippen LogP contribution in [-0.2, 0) is 23.8 Å². The second-order valence-electron chi connectivity index (χ2n) is 20.6. The lowest BCUT2D eigenvalue weighted by atomic mass is 9.48. The van der Waals surface area contributed by atoms with Crippen molar-refractivity contribution in [2.75, 3.05) is 26.3 Å². The molecule has 0 aromatic heterocycles. The molecule has 8 rings (SSSR count). The minimum atomic E-state index is -1.15. The van der Waals surface area contributed by atoms with Crippen LogP contribution in [-0.4, -0.2) is 113 Å². The molecule has 0 amide bonds. The Morgan fingerprint density at radius 2 is 1.83 bits per heavy atom.